The summed E-state index contributed by atoms with van der Waals surface area (Å²) in [6.07, 6.45) is 1.93. The van der Waals surface area contributed by atoms with Crippen molar-refractivity contribution in [2.24, 2.45) is 0 Å². The monoisotopic (exact) mass is 304 g/mol. The van der Waals surface area contributed by atoms with Crippen LogP contribution in [0.25, 0.3) is 0 Å². The van der Waals surface area contributed by atoms with Crippen molar-refractivity contribution >= 4 is 23.5 Å². The summed E-state index contributed by atoms with van der Waals surface area (Å²) in [6, 6.07) is 21.0. The van der Waals surface area contributed by atoms with Crippen LogP contribution in [0.2, 0.25) is 0 Å². The Bertz CT molecular complexity index is 473. The van der Waals surface area contributed by atoms with E-state index < -0.39 is 0 Å². The van der Waals surface area contributed by atoms with Gasteiger partial charge in [0.25, 0.3) is 0 Å². The van der Waals surface area contributed by atoms with Gasteiger partial charge in [0.05, 0.1) is 0 Å². The van der Waals surface area contributed by atoms with Crippen molar-refractivity contribution in [1.82, 2.24) is 0 Å². The first-order valence-corrected chi connectivity index (χ1v) is 8.75. The molecule has 0 aliphatic rings. The van der Waals surface area contributed by atoms with Gasteiger partial charge in [-0.15, -0.1) is 23.5 Å². The molecule has 1 nitrogen and oxygen atoms in total. The molecular weight excluding hydrogens is 284 g/mol. The van der Waals surface area contributed by atoms with Crippen LogP contribution in [0.15, 0.2) is 70.5 Å². The summed E-state index contributed by atoms with van der Waals surface area (Å²) < 4.78 is 0. The van der Waals surface area contributed by atoms with Crippen molar-refractivity contribution in [3.05, 3.63) is 60.7 Å². The van der Waals surface area contributed by atoms with Gasteiger partial charge in [0.1, 0.15) is 0 Å². The van der Waals surface area contributed by atoms with E-state index in [1.54, 1.807) is 0 Å². The Balaban J connectivity index is 1.89. The van der Waals surface area contributed by atoms with E-state index in [9.17, 15) is 0 Å². The number of aliphatic hydroxyl groups excluding tert-OH is 1. The Labute approximate surface area is 129 Å². The summed E-state index contributed by atoms with van der Waals surface area (Å²) in [7, 11) is 0. The second kappa shape index (κ2) is 9.11. The van der Waals surface area contributed by atoms with Crippen LogP contribution in [-0.2, 0) is 0 Å². The Morgan fingerprint density at radius 3 is 2.05 bits per heavy atom. The van der Waals surface area contributed by atoms with Gasteiger partial charge >= 0.3 is 0 Å². The quantitative estimate of drug-likeness (QED) is 0.713. The molecule has 1 unspecified atom stereocenters. The molecule has 0 amide bonds. The van der Waals surface area contributed by atoms with E-state index in [2.05, 4.69) is 48.5 Å². The van der Waals surface area contributed by atoms with Crippen LogP contribution in [-0.4, -0.2) is 22.7 Å². The van der Waals surface area contributed by atoms with Crippen molar-refractivity contribution in [1.29, 1.82) is 0 Å². The van der Waals surface area contributed by atoms with Crippen molar-refractivity contribution in [2.75, 3.05) is 12.4 Å². The third-order valence-electron chi connectivity index (χ3n) is 2.91. The predicted molar refractivity (Wildman–Crippen MR) is 89.6 cm³/mol. The molecule has 0 fully saturated rings. The van der Waals surface area contributed by atoms with Crippen LogP contribution in [0.4, 0.5) is 0 Å². The fourth-order valence-corrected chi connectivity index (χ4v) is 4.25. The fraction of sp³-hybridized carbons (Fsp3) is 0.294. The summed E-state index contributed by atoms with van der Waals surface area (Å²) in [4.78, 5) is 2.62. The molecule has 0 aliphatic heterocycles. The number of aliphatic hydroxyl groups is 1. The van der Waals surface area contributed by atoms with Crippen molar-refractivity contribution in [3.63, 3.8) is 0 Å². The van der Waals surface area contributed by atoms with Gasteiger partial charge in [0, 0.05) is 27.4 Å². The zero-order chi connectivity index (χ0) is 14.0. The first-order valence-electron chi connectivity index (χ1n) is 6.89. The molecule has 0 saturated heterocycles. The molecule has 0 bridgehead atoms. The molecule has 0 radical (unpaired) electrons. The molecule has 0 aliphatic carbocycles. The van der Waals surface area contributed by atoms with Crippen LogP contribution in [0, 0.1) is 0 Å². The fourth-order valence-electron chi connectivity index (χ4n) is 1.89. The van der Waals surface area contributed by atoms with E-state index in [0.29, 0.717) is 5.25 Å². The third-order valence-corrected chi connectivity index (χ3v) is 5.57. The third kappa shape index (κ3) is 5.61. The van der Waals surface area contributed by atoms with E-state index in [1.165, 1.54) is 9.79 Å². The predicted octanol–water partition coefficient (Wildman–Crippen LogP) is 4.71. The highest BCUT2D eigenvalue weighted by atomic mass is 32.2. The summed E-state index contributed by atoms with van der Waals surface area (Å²) >= 11 is 3.81. The summed E-state index contributed by atoms with van der Waals surface area (Å²) in [5, 5.41) is 9.59. The minimum absolute atomic E-state index is 0.280. The maximum atomic E-state index is 9.05. The molecule has 2 rings (SSSR count). The topological polar surface area (TPSA) is 20.2 Å². The highest BCUT2D eigenvalue weighted by Gasteiger charge is 2.11. The van der Waals surface area contributed by atoms with E-state index in [-0.39, 0.29) is 6.61 Å². The molecule has 0 spiro atoms. The first kappa shape index (κ1) is 15.5. The Morgan fingerprint density at radius 1 is 0.850 bits per heavy atom. The van der Waals surface area contributed by atoms with Gasteiger partial charge in [-0.05, 0) is 37.1 Å². The lowest BCUT2D eigenvalue weighted by atomic mass is 10.2. The maximum Gasteiger partial charge on any atom is 0.0431 e. The van der Waals surface area contributed by atoms with E-state index in [4.69, 9.17) is 5.11 Å². The number of rotatable bonds is 8. The van der Waals surface area contributed by atoms with Crippen LogP contribution in [0.5, 0.6) is 0 Å². The number of hydrogen-bond donors (Lipinski definition) is 1. The maximum absolute atomic E-state index is 9.05. The van der Waals surface area contributed by atoms with Gasteiger partial charge in [0.15, 0.2) is 0 Å². The smallest absolute Gasteiger partial charge is 0.0431 e. The number of benzene rings is 2. The average molecular weight is 304 g/mol. The normalized spacial score (nSPS) is 12.2. The highest BCUT2D eigenvalue weighted by molar-refractivity contribution is 8.03. The first-order chi connectivity index (χ1) is 9.88. The standard InChI is InChI=1S/C17H20OS2/c18-13-7-12-17(20-16-10-5-2-6-11-16)14-19-15-8-3-1-4-9-15/h1-6,8-11,17-18H,7,12-14H2. The van der Waals surface area contributed by atoms with Crippen LogP contribution in [0.3, 0.4) is 0 Å². The summed E-state index contributed by atoms with van der Waals surface area (Å²) in [5.74, 6) is 1.07. The summed E-state index contributed by atoms with van der Waals surface area (Å²) in [6.45, 7) is 0.280. The van der Waals surface area contributed by atoms with Crippen molar-refractivity contribution in [3.8, 4) is 0 Å². The van der Waals surface area contributed by atoms with E-state index in [1.807, 2.05) is 35.7 Å². The molecule has 106 valence electrons. The Morgan fingerprint density at radius 2 is 1.45 bits per heavy atom. The second-order valence-corrected chi connectivity index (χ2v) is 7.01. The van der Waals surface area contributed by atoms with Gasteiger partial charge in [-0.1, -0.05) is 36.4 Å². The highest BCUT2D eigenvalue weighted by Crippen LogP contribution is 2.30. The summed E-state index contributed by atoms with van der Waals surface area (Å²) in [5.41, 5.74) is 0. The zero-order valence-corrected chi connectivity index (χ0v) is 13.1. The molecule has 20 heavy (non-hydrogen) atoms. The minimum Gasteiger partial charge on any atom is -0.396 e. The molecule has 0 heterocycles. The minimum atomic E-state index is 0.280. The lowest BCUT2D eigenvalue weighted by Gasteiger charge is -2.15. The number of hydrogen-bond acceptors (Lipinski definition) is 3. The Kier molecular flexibility index (Phi) is 7.06. The molecule has 2 aromatic carbocycles. The largest absolute Gasteiger partial charge is 0.396 e. The molecule has 1 N–H and O–H groups in total. The van der Waals surface area contributed by atoms with Crippen LogP contribution < -0.4 is 0 Å². The van der Waals surface area contributed by atoms with Crippen LogP contribution >= 0.6 is 23.5 Å². The van der Waals surface area contributed by atoms with Gasteiger partial charge in [-0.3, -0.25) is 0 Å². The molecule has 3 heteroatoms. The second-order valence-electron chi connectivity index (χ2n) is 4.54. The molecule has 2 aromatic rings. The number of thioether (sulfide) groups is 2. The Hall–Kier alpha value is -0.900. The van der Waals surface area contributed by atoms with E-state index in [0.717, 1.165) is 18.6 Å². The molecule has 0 aromatic heterocycles. The molecule has 0 saturated carbocycles. The van der Waals surface area contributed by atoms with E-state index >= 15 is 0 Å². The lowest BCUT2D eigenvalue weighted by molar-refractivity contribution is 0.285. The van der Waals surface area contributed by atoms with Gasteiger partial charge in [-0.25, -0.2) is 0 Å². The van der Waals surface area contributed by atoms with Crippen molar-refractivity contribution in [2.45, 2.75) is 27.9 Å². The van der Waals surface area contributed by atoms with Crippen molar-refractivity contribution < 1.29 is 5.11 Å². The molecule has 1 atom stereocenters. The lowest BCUT2D eigenvalue weighted by Crippen LogP contribution is -2.07. The zero-order valence-electron chi connectivity index (χ0n) is 11.4. The van der Waals surface area contributed by atoms with Gasteiger partial charge < -0.3 is 5.11 Å². The van der Waals surface area contributed by atoms with Gasteiger partial charge in [0.2, 0.25) is 0 Å². The average Bonchev–Trinajstić information content (AvgIpc) is 2.52. The van der Waals surface area contributed by atoms with Gasteiger partial charge in [-0.2, -0.15) is 0 Å². The molecular formula is C17H20OS2. The SMILES string of the molecule is OCCCC(CSc1ccccc1)Sc1ccccc1. The van der Waals surface area contributed by atoms with Crippen LogP contribution in [0.1, 0.15) is 12.8 Å².